The van der Waals surface area contributed by atoms with E-state index in [9.17, 15) is 9.59 Å². The van der Waals surface area contributed by atoms with Crippen LogP contribution in [0.5, 0.6) is 0 Å². The molecule has 0 saturated carbocycles. The molecule has 2 atom stereocenters. The molecule has 0 radical (unpaired) electrons. The number of aromatic nitrogens is 1. The maximum atomic E-state index is 13.3. The van der Waals surface area contributed by atoms with Crippen molar-refractivity contribution >= 4 is 33.2 Å². The maximum Gasteiger partial charge on any atom is 0.228 e. The molecule has 5 heteroatoms. The highest BCUT2D eigenvalue weighted by Crippen LogP contribution is 2.32. The van der Waals surface area contributed by atoms with Gasteiger partial charge < -0.3 is 5.32 Å². The van der Waals surface area contributed by atoms with Crippen molar-refractivity contribution in [2.24, 2.45) is 0 Å². The summed E-state index contributed by atoms with van der Waals surface area (Å²) in [5.74, 6) is -0.269. The Morgan fingerprint density at radius 3 is 2.77 bits per heavy atom. The highest BCUT2D eigenvalue weighted by Gasteiger charge is 2.30. The lowest BCUT2D eigenvalue weighted by Gasteiger charge is -2.26. The van der Waals surface area contributed by atoms with E-state index in [4.69, 9.17) is 0 Å². The van der Waals surface area contributed by atoms with Crippen molar-refractivity contribution in [3.05, 3.63) is 64.7 Å². The van der Waals surface area contributed by atoms with Crippen LogP contribution in [0.15, 0.2) is 48.5 Å². The zero-order valence-corrected chi connectivity index (χ0v) is 18.2. The molecule has 1 unspecified atom stereocenters. The van der Waals surface area contributed by atoms with E-state index in [1.807, 2.05) is 36.4 Å². The van der Waals surface area contributed by atoms with E-state index < -0.39 is 6.04 Å². The Hall–Kier alpha value is -2.53. The van der Waals surface area contributed by atoms with Gasteiger partial charge in [0.25, 0.3) is 0 Å². The van der Waals surface area contributed by atoms with E-state index >= 15 is 0 Å². The number of thiazole rings is 1. The third-order valence-electron chi connectivity index (χ3n) is 5.92. The minimum atomic E-state index is -0.515. The number of benzene rings is 2. The number of carbonyl (C=O) groups excluding carboxylic acids is 2. The van der Waals surface area contributed by atoms with Crippen molar-refractivity contribution in [2.75, 3.05) is 0 Å². The molecule has 0 spiro atoms. The smallest absolute Gasteiger partial charge is 0.228 e. The molecule has 1 aliphatic carbocycles. The monoisotopic (exact) mass is 420 g/mol. The van der Waals surface area contributed by atoms with Crippen molar-refractivity contribution in [3.63, 3.8) is 0 Å². The summed E-state index contributed by atoms with van der Waals surface area (Å²) in [5.41, 5.74) is 3.20. The van der Waals surface area contributed by atoms with Crippen LogP contribution in [-0.4, -0.2) is 22.7 Å². The van der Waals surface area contributed by atoms with Crippen molar-refractivity contribution in [1.82, 2.24) is 10.3 Å². The first kappa shape index (κ1) is 20.7. The third-order valence-corrected chi connectivity index (χ3v) is 6.97. The topological polar surface area (TPSA) is 59.1 Å². The molecule has 1 amide bonds. The minimum absolute atomic E-state index is 0.0295. The van der Waals surface area contributed by atoms with Gasteiger partial charge in [-0.05, 0) is 48.9 Å². The predicted octanol–water partition coefficient (Wildman–Crippen LogP) is 5.66. The normalized spacial score (nSPS) is 16.8. The summed E-state index contributed by atoms with van der Waals surface area (Å²) in [4.78, 5) is 31.1. The van der Waals surface area contributed by atoms with Gasteiger partial charge in [-0.3, -0.25) is 9.59 Å². The van der Waals surface area contributed by atoms with Crippen molar-refractivity contribution in [1.29, 1.82) is 0 Å². The number of para-hydroxylation sites is 1. The molecule has 30 heavy (non-hydrogen) atoms. The summed E-state index contributed by atoms with van der Waals surface area (Å²) >= 11 is 1.41. The Kier molecular flexibility index (Phi) is 6.58. The molecular weight excluding hydrogens is 392 g/mol. The van der Waals surface area contributed by atoms with Crippen LogP contribution in [0.25, 0.3) is 10.2 Å². The van der Waals surface area contributed by atoms with E-state index in [-0.39, 0.29) is 17.6 Å². The first-order valence-electron chi connectivity index (χ1n) is 11.0. The van der Waals surface area contributed by atoms with Crippen LogP contribution < -0.4 is 5.32 Å². The largest absolute Gasteiger partial charge is 0.345 e. The summed E-state index contributed by atoms with van der Waals surface area (Å²) in [6, 6.07) is 15.5. The number of unbranched alkanes of at least 4 members (excludes halogenated alkanes) is 2. The number of nitrogens with one attached hydrogen (secondary N) is 1. The van der Waals surface area contributed by atoms with E-state index in [1.54, 1.807) is 0 Å². The lowest BCUT2D eigenvalue weighted by molar-refractivity contribution is -0.123. The number of aryl methyl sites for hydroxylation is 1. The van der Waals surface area contributed by atoms with Crippen molar-refractivity contribution < 1.29 is 9.59 Å². The SMILES string of the molecule is CCCCC[C@H](NC(=O)C1CCCc2ccccc21)C(=O)c1nc2ccccc2s1. The minimum Gasteiger partial charge on any atom is -0.345 e. The van der Waals surface area contributed by atoms with E-state index in [2.05, 4.69) is 29.4 Å². The number of Topliss-reactive ketones (excluding diaryl/α,β-unsaturated/α-hetero) is 1. The standard InChI is InChI=1S/C25H28N2O2S/c1-2-3-4-15-21(23(28)25-27-20-14-7-8-16-22(20)30-25)26-24(29)19-13-9-11-17-10-5-6-12-18(17)19/h5-8,10,12,14,16,19,21H,2-4,9,11,13,15H2,1H3,(H,26,29)/t19?,21-/m0/s1. The highest BCUT2D eigenvalue weighted by molar-refractivity contribution is 7.20. The molecule has 2 aromatic carbocycles. The van der Waals surface area contributed by atoms with Crippen molar-refractivity contribution in [2.45, 2.75) is 63.8 Å². The summed E-state index contributed by atoms with van der Waals surface area (Å²) in [6.07, 6.45) is 6.55. The molecule has 156 valence electrons. The number of nitrogens with zero attached hydrogens (tertiary/aromatic N) is 1. The van der Waals surface area contributed by atoms with Crippen LogP contribution in [0.2, 0.25) is 0 Å². The van der Waals surface area contributed by atoms with E-state index in [0.29, 0.717) is 11.4 Å². The second kappa shape index (κ2) is 9.52. The summed E-state index contributed by atoms with van der Waals surface area (Å²) < 4.78 is 1.00. The Balaban J connectivity index is 1.55. The molecule has 0 aliphatic heterocycles. The van der Waals surface area contributed by atoms with E-state index in [1.165, 1.54) is 16.9 Å². The predicted molar refractivity (Wildman–Crippen MR) is 122 cm³/mol. The molecule has 4 rings (SSSR count). The van der Waals surface area contributed by atoms with Crippen LogP contribution in [0.1, 0.15) is 72.3 Å². The Morgan fingerprint density at radius 2 is 1.93 bits per heavy atom. The zero-order valence-electron chi connectivity index (χ0n) is 17.4. The van der Waals surface area contributed by atoms with Gasteiger partial charge in [0.05, 0.1) is 22.2 Å². The van der Waals surface area contributed by atoms with Crippen molar-refractivity contribution in [3.8, 4) is 0 Å². The Labute approximate surface area is 181 Å². The van der Waals surface area contributed by atoms with Gasteiger partial charge in [-0.15, -0.1) is 11.3 Å². The first-order chi connectivity index (χ1) is 14.7. The number of hydrogen-bond acceptors (Lipinski definition) is 4. The molecule has 3 aromatic rings. The van der Waals surface area contributed by atoms with Gasteiger partial charge in [0.1, 0.15) is 0 Å². The van der Waals surface area contributed by atoms with Gasteiger partial charge >= 0.3 is 0 Å². The van der Waals surface area contributed by atoms with Gasteiger partial charge in [-0.25, -0.2) is 4.98 Å². The molecule has 0 saturated heterocycles. The molecule has 1 heterocycles. The summed E-state index contributed by atoms with van der Waals surface area (Å²) in [5, 5.41) is 3.60. The number of hydrogen-bond donors (Lipinski definition) is 1. The molecule has 1 aliphatic rings. The zero-order chi connectivity index (χ0) is 20.9. The summed E-state index contributed by atoms with van der Waals surface area (Å²) in [7, 11) is 0. The highest BCUT2D eigenvalue weighted by atomic mass is 32.1. The molecule has 1 N–H and O–H groups in total. The molecule has 4 nitrogen and oxygen atoms in total. The average molecular weight is 421 g/mol. The van der Waals surface area contributed by atoms with Gasteiger partial charge in [0.2, 0.25) is 11.7 Å². The van der Waals surface area contributed by atoms with Crippen LogP contribution in [0.4, 0.5) is 0 Å². The third kappa shape index (κ3) is 4.46. The number of rotatable bonds is 8. The quantitative estimate of drug-likeness (QED) is 0.378. The fraction of sp³-hybridized carbons (Fsp3) is 0.400. The van der Waals surface area contributed by atoms with Crippen LogP contribution in [0, 0.1) is 0 Å². The van der Waals surface area contributed by atoms with Crippen LogP contribution in [0.3, 0.4) is 0 Å². The lowest BCUT2D eigenvalue weighted by Crippen LogP contribution is -2.43. The molecule has 0 fully saturated rings. The van der Waals surface area contributed by atoms with E-state index in [0.717, 1.165) is 54.3 Å². The number of carbonyl (C=O) groups is 2. The summed E-state index contributed by atoms with van der Waals surface area (Å²) in [6.45, 7) is 2.14. The van der Waals surface area contributed by atoms with Gasteiger partial charge in [-0.2, -0.15) is 0 Å². The molecule has 1 aromatic heterocycles. The van der Waals surface area contributed by atoms with Crippen LogP contribution >= 0.6 is 11.3 Å². The number of ketones is 1. The fourth-order valence-corrected chi connectivity index (χ4v) is 5.25. The van der Waals surface area contributed by atoms with Gasteiger partial charge in [-0.1, -0.05) is 62.6 Å². The Morgan fingerprint density at radius 1 is 1.13 bits per heavy atom. The molecule has 0 bridgehead atoms. The van der Waals surface area contributed by atoms with Gasteiger partial charge in [0.15, 0.2) is 5.01 Å². The van der Waals surface area contributed by atoms with Crippen LogP contribution in [-0.2, 0) is 11.2 Å². The number of amides is 1. The first-order valence-corrected chi connectivity index (χ1v) is 11.8. The fourth-order valence-electron chi connectivity index (χ4n) is 4.29. The number of fused-ring (bicyclic) bond motifs is 2. The lowest BCUT2D eigenvalue weighted by atomic mass is 9.82. The second-order valence-electron chi connectivity index (χ2n) is 8.05. The maximum absolute atomic E-state index is 13.3. The second-order valence-corrected chi connectivity index (χ2v) is 9.08. The molecular formula is C25H28N2O2S. The average Bonchev–Trinajstić information content (AvgIpc) is 3.22. The van der Waals surface area contributed by atoms with Gasteiger partial charge in [0, 0.05) is 0 Å². The Bertz CT molecular complexity index is 1010.